The van der Waals surface area contributed by atoms with Gasteiger partial charge in [0.05, 0.1) is 6.54 Å². The van der Waals surface area contributed by atoms with Gasteiger partial charge in [-0.05, 0) is 47.6 Å². The van der Waals surface area contributed by atoms with Crippen molar-refractivity contribution >= 4 is 17.3 Å². The summed E-state index contributed by atoms with van der Waals surface area (Å²) in [4.78, 5) is 4.58. The summed E-state index contributed by atoms with van der Waals surface area (Å²) in [5, 5.41) is 10.9. The summed E-state index contributed by atoms with van der Waals surface area (Å²) in [6, 6.07) is 2.13. The predicted molar refractivity (Wildman–Crippen MR) is 74.4 cm³/mol. The summed E-state index contributed by atoms with van der Waals surface area (Å²) < 4.78 is 0. The molecule has 0 aromatic carbocycles. The largest absolute Gasteiger partial charge is 0.357 e. The number of thiophene rings is 1. The second-order valence-electron chi connectivity index (χ2n) is 4.68. The SMILES string of the molecule is CCNC(=NCc1ccsc1)NCC1CC1C. The summed E-state index contributed by atoms with van der Waals surface area (Å²) in [7, 11) is 0. The van der Waals surface area contributed by atoms with Gasteiger partial charge in [0.1, 0.15) is 0 Å². The first-order valence-corrected chi connectivity index (χ1v) is 7.27. The van der Waals surface area contributed by atoms with Crippen molar-refractivity contribution in [2.45, 2.75) is 26.8 Å². The van der Waals surface area contributed by atoms with Gasteiger partial charge in [0.15, 0.2) is 5.96 Å². The Kier molecular flexibility index (Phi) is 4.42. The molecule has 1 aromatic rings. The molecule has 3 nitrogen and oxygen atoms in total. The lowest BCUT2D eigenvalue weighted by Gasteiger charge is -2.10. The monoisotopic (exact) mass is 251 g/mol. The Hall–Kier alpha value is -1.03. The Labute approximate surface area is 107 Å². The molecule has 4 heteroatoms. The Bertz CT molecular complexity index is 359. The average molecular weight is 251 g/mol. The van der Waals surface area contributed by atoms with E-state index < -0.39 is 0 Å². The molecule has 0 saturated heterocycles. The number of aliphatic imine (C=N–C) groups is 1. The highest BCUT2D eigenvalue weighted by atomic mass is 32.1. The van der Waals surface area contributed by atoms with Crippen LogP contribution < -0.4 is 10.6 Å². The molecule has 17 heavy (non-hydrogen) atoms. The van der Waals surface area contributed by atoms with Gasteiger partial charge in [0.2, 0.25) is 0 Å². The van der Waals surface area contributed by atoms with E-state index >= 15 is 0 Å². The van der Waals surface area contributed by atoms with Crippen LogP contribution in [0.25, 0.3) is 0 Å². The molecule has 1 fully saturated rings. The van der Waals surface area contributed by atoms with Crippen molar-refractivity contribution < 1.29 is 0 Å². The first-order chi connectivity index (χ1) is 8.29. The van der Waals surface area contributed by atoms with Crippen LogP contribution in [0.2, 0.25) is 0 Å². The maximum Gasteiger partial charge on any atom is 0.191 e. The van der Waals surface area contributed by atoms with Crippen molar-refractivity contribution in [2.24, 2.45) is 16.8 Å². The van der Waals surface area contributed by atoms with Crippen LogP contribution in [0.3, 0.4) is 0 Å². The van der Waals surface area contributed by atoms with Crippen LogP contribution in [-0.2, 0) is 6.54 Å². The smallest absolute Gasteiger partial charge is 0.191 e. The van der Waals surface area contributed by atoms with E-state index in [0.717, 1.165) is 37.4 Å². The van der Waals surface area contributed by atoms with E-state index in [1.165, 1.54) is 12.0 Å². The molecule has 0 amide bonds. The Morgan fingerprint density at radius 1 is 1.53 bits per heavy atom. The number of hydrogen-bond acceptors (Lipinski definition) is 2. The number of nitrogens with one attached hydrogen (secondary N) is 2. The summed E-state index contributed by atoms with van der Waals surface area (Å²) in [5.74, 6) is 2.68. The molecule has 1 aliphatic carbocycles. The molecular weight excluding hydrogens is 230 g/mol. The van der Waals surface area contributed by atoms with Crippen LogP contribution in [0, 0.1) is 11.8 Å². The lowest BCUT2D eigenvalue weighted by atomic mass is 10.3. The quantitative estimate of drug-likeness (QED) is 0.623. The lowest BCUT2D eigenvalue weighted by Crippen LogP contribution is -2.38. The fraction of sp³-hybridized carbons (Fsp3) is 0.615. The number of nitrogens with zero attached hydrogens (tertiary/aromatic N) is 1. The van der Waals surface area contributed by atoms with Crippen molar-refractivity contribution in [1.29, 1.82) is 0 Å². The summed E-state index contributed by atoms with van der Waals surface area (Å²) >= 11 is 1.72. The normalized spacial score (nSPS) is 23.5. The van der Waals surface area contributed by atoms with Crippen LogP contribution in [0.15, 0.2) is 21.8 Å². The van der Waals surface area contributed by atoms with Crippen LogP contribution in [0.4, 0.5) is 0 Å². The van der Waals surface area contributed by atoms with Gasteiger partial charge in [-0.15, -0.1) is 0 Å². The van der Waals surface area contributed by atoms with Crippen molar-refractivity contribution in [2.75, 3.05) is 13.1 Å². The summed E-state index contributed by atoms with van der Waals surface area (Å²) in [6.07, 6.45) is 1.36. The molecule has 2 atom stereocenters. The Morgan fingerprint density at radius 3 is 2.94 bits per heavy atom. The Morgan fingerprint density at radius 2 is 2.35 bits per heavy atom. The van der Waals surface area contributed by atoms with Gasteiger partial charge in [-0.3, -0.25) is 0 Å². The molecule has 2 rings (SSSR count). The number of guanidine groups is 1. The molecule has 2 unspecified atom stereocenters. The molecule has 1 aromatic heterocycles. The molecule has 0 aliphatic heterocycles. The summed E-state index contributed by atoms with van der Waals surface area (Å²) in [5.41, 5.74) is 1.28. The van der Waals surface area contributed by atoms with E-state index in [4.69, 9.17) is 0 Å². The van der Waals surface area contributed by atoms with E-state index in [2.05, 4.69) is 46.3 Å². The number of rotatable bonds is 5. The summed E-state index contributed by atoms with van der Waals surface area (Å²) in [6.45, 7) is 7.13. The van der Waals surface area contributed by atoms with Crippen LogP contribution in [0.5, 0.6) is 0 Å². The van der Waals surface area contributed by atoms with Gasteiger partial charge in [0.25, 0.3) is 0 Å². The van der Waals surface area contributed by atoms with Crippen molar-refractivity contribution in [3.05, 3.63) is 22.4 Å². The second kappa shape index (κ2) is 6.05. The zero-order valence-electron chi connectivity index (χ0n) is 10.6. The molecular formula is C13H21N3S. The first kappa shape index (κ1) is 12.4. The molecule has 94 valence electrons. The highest BCUT2D eigenvalue weighted by Crippen LogP contribution is 2.36. The van der Waals surface area contributed by atoms with Crippen LogP contribution in [0.1, 0.15) is 25.8 Å². The molecule has 1 aliphatic rings. The van der Waals surface area contributed by atoms with E-state index in [9.17, 15) is 0 Å². The van der Waals surface area contributed by atoms with E-state index in [1.54, 1.807) is 11.3 Å². The topological polar surface area (TPSA) is 36.4 Å². The molecule has 1 saturated carbocycles. The van der Waals surface area contributed by atoms with Crippen molar-refractivity contribution in [3.8, 4) is 0 Å². The van der Waals surface area contributed by atoms with E-state index in [0.29, 0.717) is 0 Å². The van der Waals surface area contributed by atoms with Gasteiger partial charge in [-0.2, -0.15) is 11.3 Å². The zero-order chi connectivity index (χ0) is 12.1. The minimum atomic E-state index is 0.763. The van der Waals surface area contributed by atoms with Crippen LogP contribution in [-0.4, -0.2) is 19.0 Å². The predicted octanol–water partition coefficient (Wildman–Crippen LogP) is 2.46. The third kappa shape index (κ3) is 4.04. The maximum atomic E-state index is 4.58. The third-order valence-electron chi connectivity index (χ3n) is 3.15. The first-order valence-electron chi connectivity index (χ1n) is 6.33. The molecule has 0 bridgehead atoms. The van der Waals surface area contributed by atoms with Crippen LogP contribution >= 0.6 is 11.3 Å². The van der Waals surface area contributed by atoms with Gasteiger partial charge in [-0.25, -0.2) is 4.99 Å². The molecule has 0 radical (unpaired) electrons. The van der Waals surface area contributed by atoms with Gasteiger partial charge in [0, 0.05) is 13.1 Å². The number of hydrogen-bond donors (Lipinski definition) is 2. The molecule has 0 spiro atoms. The minimum Gasteiger partial charge on any atom is -0.357 e. The highest BCUT2D eigenvalue weighted by Gasteiger charge is 2.32. The fourth-order valence-corrected chi connectivity index (χ4v) is 2.47. The second-order valence-corrected chi connectivity index (χ2v) is 5.46. The minimum absolute atomic E-state index is 0.763. The van der Waals surface area contributed by atoms with E-state index in [1.807, 2.05) is 0 Å². The fourth-order valence-electron chi connectivity index (χ4n) is 1.81. The van der Waals surface area contributed by atoms with Crippen molar-refractivity contribution in [1.82, 2.24) is 10.6 Å². The Balaban J connectivity index is 1.80. The molecule has 1 heterocycles. The van der Waals surface area contributed by atoms with Gasteiger partial charge >= 0.3 is 0 Å². The molecule has 2 N–H and O–H groups in total. The lowest BCUT2D eigenvalue weighted by molar-refractivity contribution is 0.694. The maximum absolute atomic E-state index is 4.58. The zero-order valence-corrected chi connectivity index (χ0v) is 11.4. The van der Waals surface area contributed by atoms with Gasteiger partial charge in [-0.1, -0.05) is 6.92 Å². The standard InChI is InChI=1S/C13H21N3S/c1-3-14-13(16-8-12-6-10(12)2)15-7-11-4-5-17-9-11/h4-5,9-10,12H,3,6-8H2,1-2H3,(H2,14,15,16). The highest BCUT2D eigenvalue weighted by molar-refractivity contribution is 7.07. The average Bonchev–Trinajstić information content (AvgIpc) is 2.82. The van der Waals surface area contributed by atoms with E-state index in [-0.39, 0.29) is 0 Å². The van der Waals surface area contributed by atoms with Gasteiger partial charge < -0.3 is 10.6 Å². The van der Waals surface area contributed by atoms with Crippen molar-refractivity contribution in [3.63, 3.8) is 0 Å². The third-order valence-corrected chi connectivity index (χ3v) is 3.88.